The number of hydrogen-bond donors (Lipinski definition) is 1. The highest BCUT2D eigenvalue weighted by Crippen LogP contribution is 2.17. The first-order valence-corrected chi connectivity index (χ1v) is 9.12. The number of carboxylic acid groups (broad SMARTS) is 1. The molecule has 1 N–H and O–H groups in total. The first kappa shape index (κ1) is 20.3. The van der Waals surface area contributed by atoms with E-state index >= 15 is 0 Å². The number of rotatable bonds is 11. The van der Waals surface area contributed by atoms with Gasteiger partial charge in [0.25, 0.3) is 0 Å². The van der Waals surface area contributed by atoms with Gasteiger partial charge in [-0.15, -0.1) is 0 Å². The third kappa shape index (κ3) is 7.67. The zero-order valence-electron chi connectivity index (χ0n) is 15.5. The SMILES string of the molecule is CCCCC(CC)COC(=Cc1ccc(CC(C)C)cc1)C(=O)O. The van der Waals surface area contributed by atoms with E-state index in [1.807, 2.05) is 12.1 Å². The quantitative estimate of drug-likeness (QED) is 0.427. The summed E-state index contributed by atoms with van der Waals surface area (Å²) in [5.74, 6) is 0.0488. The van der Waals surface area contributed by atoms with E-state index in [0.29, 0.717) is 18.4 Å². The number of ether oxygens (including phenoxy) is 1. The lowest BCUT2D eigenvalue weighted by Gasteiger charge is -2.15. The Kier molecular flexibility index (Phi) is 9.21. The third-order valence-electron chi connectivity index (χ3n) is 4.15. The van der Waals surface area contributed by atoms with E-state index in [-0.39, 0.29) is 5.76 Å². The standard InChI is InChI=1S/C21H32O3/c1-5-7-8-17(6-2)15-24-20(21(22)23)14-19-11-9-18(10-12-19)13-16(3)4/h9-12,14,16-17H,5-8,13,15H2,1-4H3,(H,22,23). The largest absolute Gasteiger partial charge is 0.486 e. The molecule has 1 aromatic rings. The third-order valence-corrected chi connectivity index (χ3v) is 4.15. The van der Waals surface area contributed by atoms with Crippen molar-refractivity contribution in [1.29, 1.82) is 0 Å². The molecule has 0 radical (unpaired) electrons. The van der Waals surface area contributed by atoms with Crippen LogP contribution in [0.4, 0.5) is 0 Å². The van der Waals surface area contributed by atoms with E-state index in [0.717, 1.165) is 37.7 Å². The van der Waals surface area contributed by atoms with Gasteiger partial charge < -0.3 is 9.84 Å². The smallest absolute Gasteiger partial charge is 0.371 e. The summed E-state index contributed by atoms with van der Waals surface area (Å²) in [6.45, 7) is 9.14. The predicted octanol–water partition coefficient (Wildman–Crippen LogP) is 5.54. The lowest BCUT2D eigenvalue weighted by Crippen LogP contribution is -2.13. The lowest BCUT2D eigenvalue weighted by atomic mass is 10.0. The molecule has 1 aromatic carbocycles. The Hall–Kier alpha value is -1.77. The number of unbranched alkanes of at least 4 members (excludes halogenated alkanes) is 1. The summed E-state index contributed by atoms with van der Waals surface area (Å²) < 4.78 is 5.61. The molecule has 0 aliphatic heterocycles. The van der Waals surface area contributed by atoms with Crippen LogP contribution in [0.2, 0.25) is 0 Å². The van der Waals surface area contributed by atoms with Gasteiger partial charge in [-0.25, -0.2) is 4.79 Å². The molecule has 0 aliphatic rings. The Morgan fingerprint density at radius 2 is 1.88 bits per heavy atom. The molecule has 0 amide bonds. The van der Waals surface area contributed by atoms with Gasteiger partial charge in [0.2, 0.25) is 5.76 Å². The molecule has 1 atom stereocenters. The second kappa shape index (κ2) is 10.9. The second-order valence-electron chi connectivity index (χ2n) is 6.88. The Balaban J connectivity index is 2.72. The molecule has 134 valence electrons. The van der Waals surface area contributed by atoms with Crippen molar-refractivity contribution in [3.05, 3.63) is 41.2 Å². The predicted molar refractivity (Wildman–Crippen MR) is 99.9 cm³/mol. The normalized spacial score (nSPS) is 13.1. The summed E-state index contributed by atoms with van der Waals surface area (Å²) >= 11 is 0. The van der Waals surface area contributed by atoms with Crippen LogP contribution in [0.5, 0.6) is 0 Å². The van der Waals surface area contributed by atoms with Crippen LogP contribution in [0.15, 0.2) is 30.0 Å². The maximum atomic E-state index is 11.4. The van der Waals surface area contributed by atoms with E-state index in [4.69, 9.17) is 4.74 Å². The molecule has 24 heavy (non-hydrogen) atoms. The number of carbonyl (C=O) groups is 1. The minimum atomic E-state index is -1.01. The van der Waals surface area contributed by atoms with Crippen LogP contribution in [0, 0.1) is 11.8 Å². The van der Waals surface area contributed by atoms with Crippen molar-refractivity contribution in [3.8, 4) is 0 Å². The van der Waals surface area contributed by atoms with Gasteiger partial charge in [-0.3, -0.25) is 0 Å². The van der Waals surface area contributed by atoms with Gasteiger partial charge in [-0.05, 0) is 41.9 Å². The highest BCUT2D eigenvalue weighted by atomic mass is 16.5. The average Bonchev–Trinajstić information content (AvgIpc) is 2.54. The van der Waals surface area contributed by atoms with Gasteiger partial charge in [-0.2, -0.15) is 0 Å². The summed E-state index contributed by atoms with van der Waals surface area (Å²) in [6, 6.07) is 8.03. The molecule has 0 fully saturated rings. The summed E-state index contributed by atoms with van der Waals surface area (Å²) in [7, 11) is 0. The van der Waals surface area contributed by atoms with Gasteiger partial charge >= 0.3 is 5.97 Å². The Morgan fingerprint density at radius 3 is 2.38 bits per heavy atom. The minimum Gasteiger partial charge on any atom is -0.486 e. The molecule has 0 spiro atoms. The van der Waals surface area contributed by atoms with Crippen molar-refractivity contribution in [2.75, 3.05) is 6.61 Å². The molecule has 0 heterocycles. The Morgan fingerprint density at radius 1 is 1.21 bits per heavy atom. The number of carboxylic acids is 1. The van der Waals surface area contributed by atoms with Gasteiger partial charge in [0, 0.05) is 0 Å². The second-order valence-corrected chi connectivity index (χ2v) is 6.88. The van der Waals surface area contributed by atoms with Crippen LogP contribution in [0.3, 0.4) is 0 Å². The van der Waals surface area contributed by atoms with Gasteiger partial charge in [0.05, 0.1) is 6.61 Å². The van der Waals surface area contributed by atoms with Gasteiger partial charge in [-0.1, -0.05) is 71.2 Å². The molecule has 3 nitrogen and oxygen atoms in total. The van der Waals surface area contributed by atoms with Crippen molar-refractivity contribution >= 4 is 12.0 Å². The zero-order valence-corrected chi connectivity index (χ0v) is 15.5. The van der Waals surface area contributed by atoms with Crippen molar-refractivity contribution in [2.24, 2.45) is 11.8 Å². The van der Waals surface area contributed by atoms with Gasteiger partial charge in [0.15, 0.2) is 0 Å². The van der Waals surface area contributed by atoms with Crippen molar-refractivity contribution in [1.82, 2.24) is 0 Å². The van der Waals surface area contributed by atoms with Crippen molar-refractivity contribution in [3.63, 3.8) is 0 Å². The molecule has 1 unspecified atom stereocenters. The summed E-state index contributed by atoms with van der Waals surface area (Å²) in [4.78, 5) is 11.4. The fraction of sp³-hybridized carbons (Fsp3) is 0.571. The molecule has 0 bridgehead atoms. The Bertz CT molecular complexity index is 514. The van der Waals surface area contributed by atoms with Crippen molar-refractivity contribution in [2.45, 2.75) is 59.8 Å². The van der Waals surface area contributed by atoms with Crippen LogP contribution in [0.1, 0.15) is 64.5 Å². The monoisotopic (exact) mass is 332 g/mol. The van der Waals surface area contributed by atoms with Crippen molar-refractivity contribution < 1.29 is 14.6 Å². The highest BCUT2D eigenvalue weighted by Gasteiger charge is 2.13. The average molecular weight is 332 g/mol. The molecule has 0 aliphatic carbocycles. The number of hydrogen-bond acceptors (Lipinski definition) is 2. The highest BCUT2D eigenvalue weighted by molar-refractivity contribution is 5.89. The van der Waals surface area contributed by atoms with E-state index in [9.17, 15) is 9.90 Å². The fourth-order valence-corrected chi connectivity index (χ4v) is 2.64. The molecule has 3 heteroatoms. The topological polar surface area (TPSA) is 46.5 Å². The molecular weight excluding hydrogens is 300 g/mol. The minimum absolute atomic E-state index is 0.0292. The molecular formula is C21H32O3. The van der Waals surface area contributed by atoms with E-state index in [2.05, 4.69) is 39.8 Å². The first-order chi connectivity index (χ1) is 11.5. The number of aliphatic carboxylic acids is 1. The van der Waals surface area contributed by atoms with Crippen LogP contribution in [0.25, 0.3) is 6.08 Å². The maximum Gasteiger partial charge on any atom is 0.371 e. The van der Waals surface area contributed by atoms with E-state index in [1.54, 1.807) is 6.08 Å². The van der Waals surface area contributed by atoms with Crippen LogP contribution >= 0.6 is 0 Å². The summed E-state index contributed by atoms with van der Waals surface area (Å²) in [6.07, 6.45) is 7.06. The summed E-state index contributed by atoms with van der Waals surface area (Å²) in [5.41, 5.74) is 2.13. The van der Waals surface area contributed by atoms with Crippen LogP contribution < -0.4 is 0 Å². The number of benzene rings is 1. The maximum absolute atomic E-state index is 11.4. The molecule has 0 saturated heterocycles. The van der Waals surface area contributed by atoms with E-state index < -0.39 is 5.97 Å². The molecule has 0 saturated carbocycles. The van der Waals surface area contributed by atoms with E-state index in [1.165, 1.54) is 5.56 Å². The Labute approximate surface area is 146 Å². The molecule has 0 aromatic heterocycles. The van der Waals surface area contributed by atoms with Gasteiger partial charge in [0.1, 0.15) is 0 Å². The van der Waals surface area contributed by atoms with Crippen LogP contribution in [-0.2, 0) is 16.0 Å². The van der Waals surface area contributed by atoms with Crippen LogP contribution in [-0.4, -0.2) is 17.7 Å². The first-order valence-electron chi connectivity index (χ1n) is 9.12. The zero-order chi connectivity index (χ0) is 17.9. The lowest BCUT2D eigenvalue weighted by molar-refractivity contribution is -0.136. The molecule has 1 rings (SSSR count). The fourth-order valence-electron chi connectivity index (χ4n) is 2.64. The summed E-state index contributed by atoms with van der Waals surface area (Å²) in [5, 5.41) is 9.38.